The molecule has 2 aliphatic rings. The minimum absolute atomic E-state index is 0.0168. The Morgan fingerprint density at radius 1 is 1.24 bits per heavy atom. The molecule has 0 aliphatic carbocycles. The van der Waals surface area contributed by atoms with Crippen LogP contribution in [0, 0.1) is 0 Å². The van der Waals surface area contributed by atoms with Crippen LogP contribution in [0.1, 0.15) is 16.8 Å². The Balaban J connectivity index is 1.51. The molecule has 2 aromatic carbocycles. The molecule has 2 heterocycles. The van der Waals surface area contributed by atoms with Gasteiger partial charge in [0.1, 0.15) is 11.8 Å². The van der Waals surface area contributed by atoms with E-state index >= 15 is 0 Å². The summed E-state index contributed by atoms with van der Waals surface area (Å²) in [6.07, 6.45) is 0.593. The van der Waals surface area contributed by atoms with Gasteiger partial charge in [0.2, 0.25) is 5.91 Å². The molecule has 2 aliphatic heterocycles. The minimum Gasteiger partial charge on any atom is -0.497 e. The minimum atomic E-state index is -0.245. The number of anilines is 2. The van der Waals surface area contributed by atoms with Gasteiger partial charge in [-0.15, -0.1) is 0 Å². The van der Waals surface area contributed by atoms with Gasteiger partial charge in [0.15, 0.2) is 0 Å². The van der Waals surface area contributed by atoms with Gasteiger partial charge in [-0.2, -0.15) is 0 Å². The van der Waals surface area contributed by atoms with E-state index < -0.39 is 0 Å². The lowest BCUT2D eigenvalue weighted by Gasteiger charge is -2.32. The zero-order chi connectivity index (χ0) is 17.4. The number of fused-ring (bicyclic) bond motifs is 3. The van der Waals surface area contributed by atoms with E-state index in [9.17, 15) is 9.59 Å². The second-order valence-corrected chi connectivity index (χ2v) is 6.31. The molecule has 0 radical (unpaired) electrons. The fourth-order valence-electron chi connectivity index (χ4n) is 3.53. The van der Waals surface area contributed by atoms with Crippen molar-refractivity contribution < 1.29 is 14.3 Å². The van der Waals surface area contributed by atoms with E-state index in [1.165, 1.54) is 0 Å². The highest BCUT2D eigenvalue weighted by atomic mass is 16.5. The van der Waals surface area contributed by atoms with Crippen LogP contribution >= 0.6 is 0 Å². The number of amides is 2. The predicted molar refractivity (Wildman–Crippen MR) is 95.1 cm³/mol. The van der Waals surface area contributed by atoms with Gasteiger partial charge in [0.25, 0.3) is 5.91 Å². The molecule has 1 fully saturated rings. The Kier molecular flexibility index (Phi) is 3.80. The average molecular weight is 337 g/mol. The Morgan fingerprint density at radius 2 is 2.08 bits per heavy atom. The molecule has 0 aromatic heterocycles. The molecule has 2 amide bonds. The van der Waals surface area contributed by atoms with Crippen molar-refractivity contribution in [3.05, 3.63) is 54.1 Å². The van der Waals surface area contributed by atoms with E-state index in [2.05, 4.69) is 15.5 Å². The van der Waals surface area contributed by atoms with E-state index in [0.717, 1.165) is 11.4 Å². The number of methoxy groups -OCH3 is 1. The highest BCUT2D eigenvalue weighted by Gasteiger charge is 2.41. The van der Waals surface area contributed by atoms with Crippen LogP contribution in [0.5, 0.6) is 5.75 Å². The fourth-order valence-corrected chi connectivity index (χ4v) is 3.53. The van der Waals surface area contributed by atoms with Crippen molar-refractivity contribution in [1.82, 2.24) is 5.32 Å². The van der Waals surface area contributed by atoms with Gasteiger partial charge in [0.05, 0.1) is 18.5 Å². The largest absolute Gasteiger partial charge is 0.497 e. The van der Waals surface area contributed by atoms with Gasteiger partial charge in [-0.05, 0) is 36.8 Å². The molecule has 2 unspecified atom stereocenters. The molecule has 0 saturated carbocycles. The maximum absolute atomic E-state index is 12.5. The monoisotopic (exact) mass is 337 g/mol. The summed E-state index contributed by atoms with van der Waals surface area (Å²) in [7, 11) is 1.57. The Bertz CT molecular complexity index is 836. The molecule has 128 valence electrons. The molecule has 0 bridgehead atoms. The first-order valence-electron chi connectivity index (χ1n) is 8.27. The number of nitrogens with one attached hydrogen (secondary N) is 2. The standard InChI is InChI=1S/C19H19N3O3/c1-25-14-6-4-5-12(9-14)18(23)20-13-10-17-19(24)21-15-7-2-3-8-16(15)22(17)11-13/h2-9,13,17H,10-11H2,1H3,(H,20,23)(H,21,24). The lowest BCUT2D eigenvalue weighted by Crippen LogP contribution is -2.44. The SMILES string of the molecule is COc1cccc(C(=O)NC2CC3C(=O)Nc4ccccc4N3C2)c1. The highest BCUT2D eigenvalue weighted by molar-refractivity contribution is 6.04. The van der Waals surface area contributed by atoms with Crippen molar-refractivity contribution in [3.63, 3.8) is 0 Å². The Morgan fingerprint density at radius 3 is 2.92 bits per heavy atom. The first-order valence-corrected chi connectivity index (χ1v) is 8.27. The Labute approximate surface area is 145 Å². The summed E-state index contributed by atoms with van der Waals surface area (Å²) in [6.45, 7) is 0.616. The molecule has 2 aromatic rings. The molecule has 25 heavy (non-hydrogen) atoms. The average Bonchev–Trinajstić information content (AvgIpc) is 3.06. The number of nitrogens with zero attached hydrogens (tertiary/aromatic N) is 1. The van der Waals surface area contributed by atoms with Gasteiger partial charge in [-0.25, -0.2) is 0 Å². The summed E-state index contributed by atoms with van der Waals surface area (Å²) < 4.78 is 5.16. The van der Waals surface area contributed by atoms with Crippen LogP contribution in [0.2, 0.25) is 0 Å². The topological polar surface area (TPSA) is 70.7 Å². The molecule has 4 rings (SSSR count). The molecule has 0 spiro atoms. The van der Waals surface area contributed by atoms with Gasteiger partial charge in [0, 0.05) is 18.2 Å². The van der Waals surface area contributed by atoms with Crippen molar-refractivity contribution in [2.24, 2.45) is 0 Å². The van der Waals surface area contributed by atoms with Crippen LogP contribution in [0.4, 0.5) is 11.4 Å². The van der Waals surface area contributed by atoms with E-state index in [4.69, 9.17) is 4.74 Å². The van der Waals surface area contributed by atoms with Crippen LogP contribution in [-0.4, -0.2) is 37.6 Å². The van der Waals surface area contributed by atoms with Crippen LogP contribution in [0.25, 0.3) is 0 Å². The third kappa shape index (κ3) is 2.80. The van der Waals surface area contributed by atoms with Gasteiger partial charge >= 0.3 is 0 Å². The summed E-state index contributed by atoms with van der Waals surface area (Å²) >= 11 is 0. The predicted octanol–water partition coefficient (Wildman–Crippen LogP) is 2.02. The van der Waals surface area contributed by atoms with E-state index in [-0.39, 0.29) is 23.9 Å². The number of carbonyl (C=O) groups is 2. The highest BCUT2D eigenvalue weighted by Crippen LogP contribution is 2.36. The second kappa shape index (κ2) is 6.12. The third-order valence-corrected chi connectivity index (χ3v) is 4.74. The molecule has 6 heteroatoms. The van der Waals surface area contributed by atoms with E-state index in [1.807, 2.05) is 24.3 Å². The molecule has 6 nitrogen and oxygen atoms in total. The zero-order valence-electron chi connectivity index (χ0n) is 13.9. The molecule has 2 N–H and O–H groups in total. The number of ether oxygens (including phenoxy) is 1. The van der Waals surface area contributed by atoms with Crippen LogP contribution in [0.15, 0.2) is 48.5 Å². The van der Waals surface area contributed by atoms with E-state index in [0.29, 0.717) is 24.3 Å². The maximum atomic E-state index is 12.5. The molecule has 1 saturated heterocycles. The van der Waals surface area contributed by atoms with Crippen molar-refractivity contribution >= 4 is 23.2 Å². The normalized spacial score (nSPS) is 21.2. The number of hydrogen-bond donors (Lipinski definition) is 2. The quantitative estimate of drug-likeness (QED) is 0.899. The van der Waals surface area contributed by atoms with Crippen LogP contribution in [0.3, 0.4) is 0 Å². The fraction of sp³-hybridized carbons (Fsp3) is 0.263. The second-order valence-electron chi connectivity index (χ2n) is 6.31. The van der Waals surface area contributed by atoms with Crippen LogP contribution in [-0.2, 0) is 4.79 Å². The molecular formula is C19H19N3O3. The number of hydrogen-bond acceptors (Lipinski definition) is 4. The first-order chi connectivity index (χ1) is 12.2. The Hall–Kier alpha value is -3.02. The summed E-state index contributed by atoms with van der Waals surface area (Å²) in [6, 6.07) is 14.5. The van der Waals surface area contributed by atoms with E-state index in [1.54, 1.807) is 31.4 Å². The van der Waals surface area contributed by atoms with Gasteiger partial charge in [-0.3, -0.25) is 9.59 Å². The van der Waals surface area contributed by atoms with Crippen molar-refractivity contribution in [1.29, 1.82) is 0 Å². The summed E-state index contributed by atoms with van der Waals surface area (Å²) in [5, 5.41) is 5.98. The number of rotatable bonds is 3. The smallest absolute Gasteiger partial charge is 0.251 e. The van der Waals surface area contributed by atoms with Crippen molar-refractivity contribution in [2.75, 3.05) is 23.9 Å². The summed E-state index contributed by atoms with van der Waals surface area (Å²) in [5.41, 5.74) is 2.38. The zero-order valence-corrected chi connectivity index (χ0v) is 13.9. The lowest BCUT2D eigenvalue weighted by molar-refractivity contribution is -0.117. The molecule has 2 atom stereocenters. The third-order valence-electron chi connectivity index (χ3n) is 4.74. The maximum Gasteiger partial charge on any atom is 0.251 e. The van der Waals surface area contributed by atoms with Gasteiger partial charge in [-0.1, -0.05) is 18.2 Å². The van der Waals surface area contributed by atoms with Crippen LogP contribution < -0.4 is 20.3 Å². The van der Waals surface area contributed by atoms with Crippen molar-refractivity contribution in [3.8, 4) is 5.75 Å². The summed E-state index contributed by atoms with van der Waals surface area (Å²) in [5.74, 6) is 0.471. The summed E-state index contributed by atoms with van der Waals surface area (Å²) in [4.78, 5) is 26.9. The lowest BCUT2D eigenvalue weighted by atomic mass is 10.1. The number of carbonyl (C=O) groups excluding carboxylic acids is 2. The number of para-hydroxylation sites is 2. The number of benzene rings is 2. The van der Waals surface area contributed by atoms with Gasteiger partial charge < -0.3 is 20.3 Å². The molecular weight excluding hydrogens is 318 g/mol. The van der Waals surface area contributed by atoms with Crippen molar-refractivity contribution in [2.45, 2.75) is 18.5 Å². The first kappa shape index (κ1) is 15.5.